The Bertz CT molecular complexity index is 1010. The van der Waals surface area contributed by atoms with Gasteiger partial charge in [0.05, 0.1) is 13.2 Å². The lowest BCUT2D eigenvalue weighted by Gasteiger charge is -2.16. The van der Waals surface area contributed by atoms with Crippen LogP contribution in [0.4, 0.5) is 0 Å². The number of hydrogen-bond acceptors (Lipinski definition) is 4. The summed E-state index contributed by atoms with van der Waals surface area (Å²) in [6, 6.07) is 0. The summed E-state index contributed by atoms with van der Waals surface area (Å²) in [7, 11) is 0. The molecule has 0 saturated carbocycles. The van der Waals surface area contributed by atoms with Crippen molar-refractivity contribution in [2.45, 2.75) is 283 Å². The summed E-state index contributed by atoms with van der Waals surface area (Å²) < 4.78 is 11.2. The molecule has 0 aromatic carbocycles. The molecule has 0 heterocycles. The van der Waals surface area contributed by atoms with E-state index in [1.54, 1.807) is 0 Å². The molecule has 1 atom stereocenters. The van der Waals surface area contributed by atoms with Crippen molar-refractivity contribution in [3.05, 3.63) is 60.8 Å². The number of unbranched alkanes of at least 4 members (excludes halogenated alkanes) is 33. The molecule has 1 N–H and O–H groups in total. The number of allylic oxidation sites excluding steroid dienone is 10. The summed E-state index contributed by atoms with van der Waals surface area (Å²) in [5, 5.41) is 9.67. The normalized spacial score (nSPS) is 12.8. The van der Waals surface area contributed by atoms with Crippen LogP contribution < -0.4 is 0 Å². The molecule has 0 saturated heterocycles. The van der Waals surface area contributed by atoms with E-state index >= 15 is 0 Å². The van der Waals surface area contributed by atoms with Gasteiger partial charge in [-0.15, -0.1) is 0 Å². The molecule has 0 aliphatic heterocycles. The van der Waals surface area contributed by atoms with Gasteiger partial charge in [0.1, 0.15) is 6.10 Å². The third-order valence-electron chi connectivity index (χ3n) is 12.1. The van der Waals surface area contributed by atoms with Gasteiger partial charge in [-0.1, -0.05) is 274 Å². The highest BCUT2D eigenvalue weighted by atomic mass is 16.6. The molecular formula is C58H106O4. The molecule has 0 bridgehead atoms. The summed E-state index contributed by atoms with van der Waals surface area (Å²) in [6.45, 7) is 5.27. The first-order valence-electron chi connectivity index (χ1n) is 27.4. The smallest absolute Gasteiger partial charge is 0.306 e. The standard InChI is InChI=1S/C58H106O4/c1-3-5-7-9-11-13-15-17-19-21-23-25-27-29-31-33-35-37-39-41-43-45-47-49-51-53-58(60)62-57(55-59)56-61-54-52-50-48-46-44-42-40-38-36-34-32-30-28-26-24-22-20-18-16-14-12-10-8-6-4-2/h5,7,11,13,17,19,23,25,29,31,57,59H,3-4,6,8-10,12,14-16,18,20-22,24,26-28,30,32-56H2,1-2H3/b7-5-,13-11-,19-17-,25-23-,31-29-. The van der Waals surface area contributed by atoms with Crippen molar-refractivity contribution >= 4 is 5.97 Å². The van der Waals surface area contributed by atoms with Gasteiger partial charge >= 0.3 is 5.97 Å². The SMILES string of the molecule is CC/C=C\C/C=C\C/C=C\C/C=C\C/C=C\CCCCCCCCCCCC(=O)OC(CO)COCCCCCCCCCCCCCCCCCCCCCCCCCCC. The van der Waals surface area contributed by atoms with E-state index in [1.807, 2.05) is 0 Å². The molecule has 0 aromatic heterocycles. The fourth-order valence-electron chi connectivity index (χ4n) is 8.06. The van der Waals surface area contributed by atoms with Crippen molar-refractivity contribution in [3.8, 4) is 0 Å². The first-order chi connectivity index (χ1) is 30.7. The van der Waals surface area contributed by atoms with Gasteiger partial charge < -0.3 is 14.6 Å². The van der Waals surface area contributed by atoms with E-state index in [4.69, 9.17) is 9.47 Å². The van der Waals surface area contributed by atoms with Gasteiger partial charge in [-0.3, -0.25) is 4.79 Å². The van der Waals surface area contributed by atoms with Crippen LogP contribution in [0.2, 0.25) is 0 Å². The van der Waals surface area contributed by atoms with Crippen molar-refractivity contribution in [1.82, 2.24) is 0 Å². The van der Waals surface area contributed by atoms with Gasteiger partial charge in [-0.25, -0.2) is 0 Å². The van der Waals surface area contributed by atoms with Crippen LogP contribution in [0.5, 0.6) is 0 Å². The average molecular weight is 867 g/mol. The van der Waals surface area contributed by atoms with Crippen molar-refractivity contribution in [3.63, 3.8) is 0 Å². The molecule has 0 rings (SSSR count). The topological polar surface area (TPSA) is 55.8 Å². The Morgan fingerprint density at radius 1 is 0.403 bits per heavy atom. The van der Waals surface area contributed by atoms with Crippen molar-refractivity contribution in [2.75, 3.05) is 19.8 Å². The first-order valence-corrected chi connectivity index (χ1v) is 27.4. The Morgan fingerprint density at radius 2 is 0.726 bits per heavy atom. The second-order valence-corrected chi connectivity index (χ2v) is 18.3. The molecule has 0 radical (unpaired) electrons. The lowest BCUT2D eigenvalue weighted by atomic mass is 10.0. The molecular weight excluding hydrogens is 761 g/mol. The number of ether oxygens (including phenoxy) is 2. The van der Waals surface area contributed by atoms with Crippen LogP contribution in [-0.4, -0.2) is 37.0 Å². The summed E-state index contributed by atoms with van der Waals surface area (Å²) in [4.78, 5) is 12.3. The van der Waals surface area contributed by atoms with E-state index < -0.39 is 6.10 Å². The first kappa shape index (κ1) is 60.1. The highest BCUT2D eigenvalue weighted by Gasteiger charge is 2.13. The van der Waals surface area contributed by atoms with Crippen LogP contribution in [0, 0.1) is 0 Å². The Kier molecular flexibility index (Phi) is 53.5. The molecule has 4 heteroatoms. The Balaban J connectivity index is 3.40. The predicted molar refractivity (Wildman–Crippen MR) is 274 cm³/mol. The largest absolute Gasteiger partial charge is 0.457 e. The maximum Gasteiger partial charge on any atom is 0.306 e. The third kappa shape index (κ3) is 52.4. The highest BCUT2D eigenvalue weighted by molar-refractivity contribution is 5.69. The van der Waals surface area contributed by atoms with E-state index in [9.17, 15) is 9.90 Å². The predicted octanol–water partition coefficient (Wildman–Crippen LogP) is 18.7. The second-order valence-electron chi connectivity index (χ2n) is 18.3. The van der Waals surface area contributed by atoms with Gasteiger partial charge in [0, 0.05) is 13.0 Å². The molecule has 1 unspecified atom stereocenters. The van der Waals surface area contributed by atoms with Crippen LogP contribution in [0.3, 0.4) is 0 Å². The molecule has 0 aliphatic carbocycles. The maximum atomic E-state index is 12.3. The number of carbonyl (C=O) groups excluding carboxylic acids is 1. The zero-order valence-electron chi connectivity index (χ0n) is 41.6. The Morgan fingerprint density at radius 3 is 1.10 bits per heavy atom. The molecule has 0 amide bonds. The number of rotatable bonds is 51. The number of esters is 1. The summed E-state index contributed by atoms with van der Waals surface area (Å²) in [5.74, 6) is -0.204. The minimum absolute atomic E-state index is 0.173. The van der Waals surface area contributed by atoms with Gasteiger partial charge in [0.2, 0.25) is 0 Å². The molecule has 62 heavy (non-hydrogen) atoms. The Hall–Kier alpha value is -1.91. The van der Waals surface area contributed by atoms with Gasteiger partial charge in [-0.05, 0) is 57.8 Å². The maximum absolute atomic E-state index is 12.3. The number of carbonyl (C=O) groups is 1. The van der Waals surface area contributed by atoms with Crippen LogP contribution in [0.15, 0.2) is 60.8 Å². The molecule has 0 fully saturated rings. The Labute approximate surface area is 387 Å². The minimum Gasteiger partial charge on any atom is -0.457 e. The molecule has 0 aliphatic rings. The number of aliphatic hydroxyl groups is 1. The van der Waals surface area contributed by atoms with Crippen molar-refractivity contribution < 1.29 is 19.4 Å². The van der Waals surface area contributed by atoms with Gasteiger partial charge in [0.25, 0.3) is 0 Å². The average Bonchev–Trinajstić information content (AvgIpc) is 3.28. The molecule has 0 aromatic rings. The quantitative estimate of drug-likeness (QED) is 0.0376. The van der Waals surface area contributed by atoms with Crippen molar-refractivity contribution in [2.24, 2.45) is 0 Å². The molecule has 4 nitrogen and oxygen atoms in total. The van der Waals surface area contributed by atoms with Crippen molar-refractivity contribution in [1.29, 1.82) is 0 Å². The fraction of sp³-hybridized carbons (Fsp3) is 0.810. The van der Waals surface area contributed by atoms with Crippen LogP contribution in [-0.2, 0) is 14.3 Å². The van der Waals surface area contributed by atoms with E-state index in [-0.39, 0.29) is 12.6 Å². The zero-order valence-corrected chi connectivity index (χ0v) is 41.6. The zero-order chi connectivity index (χ0) is 44.8. The summed E-state index contributed by atoms with van der Waals surface area (Å²) in [6.07, 6.45) is 74.7. The summed E-state index contributed by atoms with van der Waals surface area (Å²) in [5.41, 5.74) is 0. The molecule has 0 spiro atoms. The van der Waals surface area contributed by atoms with Crippen LogP contribution in [0.25, 0.3) is 0 Å². The van der Waals surface area contributed by atoms with Gasteiger partial charge in [0.15, 0.2) is 0 Å². The van der Waals surface area contributed by atoms with Crippen LogP contribution in [0.1, 0.15) is 277 Å². The lowest BCUT2D eigenvalue weighted by Crippen LogP contribution is -2.27. The second kappa shape index (κ2) is 55.2. The monoisotopic (exact) mass is 867 g/mol. The third-order valence-corrected chi connectivity index (χ3v) is 12.1. The fourth-order valence-corrected chi connectivity index (χ4v) is 8.06. The number of hydrogen-bond donors (Lipinski definition) is 1. The minimum atomic E-state index is -0.539. The summed E-state index contributed by atoms with van der Waals surface area (Å²) >= 11 is 0. The molecule has 362 valence electrons. The van der Waals surface area contributed by atoms with E-state index in [0.717, 1.165) is 51.4 Å². The number of aliphatic hydroxyl groups excluding tert-OH is 1. The van der Waals surface area contributed by atoms with E-state index in [1.165, 1.54) is 205 Å². The van der Waals surface area contributed by atoms with Crippen LogP contribution >= 0.6 is 0 Å². The lowest BCUT2D eigenvalue weighted by molar-refractivity contribution is -0.154. The van der Waals surface area contributed by atoms with Gasteiger partial charge in [-0.2, -0.15) is 0 Å². The van der Waals surface area contributed by atoms with E-state index in [2.05, 4.69) is 74.6 Å². The van der Waals surface area contributed by atoms with E-state index in [0.29, 0.717) is 19.6 Å². The highest BCUT2D eigenvalue weighted by Crippen LogP contribution is 2.17.